The maximum absolute atomic E-state index is 11.2. The molecule has 4 heteroatoms. The summed E-state index contributed by atoms with van der Waals surface area (Å²) in [6.07, 6.45) is -1.31. The van der Waals surface area contributed by atoms with Crippen molar-refractivity contribution < 1.29 is 14.6 Å². The minimum atomic E-state index is -1.31. The van der Waals surface area contributed by atoms with Crippen molar-refractivity contribution >= 4 is 5.97 Å². The molecular formula is C11H15NO3. The lowest BCUT2D eigenvalue weighted by Gasteiger charge is -2.17. The molecule has 0 bridgehead atoms. The number of nitrogens with two attached hydrogens (primary N) is 1. The molecular weight excluding hydrogens is 194 g/mol. The summed E-state index contributed by atoms with van der Waals surface area (Å²) in [5.74, 6) is -0.686. The summed E-state index contributed by atoms with van der Waals surface area (Å²) in [6.45, 7) is 1.91. The van der Waals surface area contributed by atoms with Crippen LogP contribution in [0.3, 0.4) is 0 Å². The molecule has 4 nitrogen and oxygen atoms in total. The Labute approximate surface area is 88.7 Å². The molecule has 0 heterocycles. The zero-order valence-electron chi connectivity index (χ0n) is 8.59. The molecule has 0 saturated carbocycles. The van der Waals surface area contributed by atoms with E-state index in [1.165, 1.54) is 0 Å². The van der Waals surface area contributed by atoms with Gasteiger partial charge >= 0.3 is 5.97 Å². The first-order valence-electron chi connectivity index (χ1n) is 4.82. The van der Waals surface area contributed by atoms with Gasteiger partial charge in [-0.25, -0.2) is 4.79 Å². The quantitative estimate of drug-likeness (QED) is 0.713. The van der Waals surface area contributed by atoms with E-state index in [4.69, 9.17) is 5.73 Å². The van der Waals surface area contributed by atoms with Crippen LogP contribution in [0.1, 0.15) is 18.5 Å². The Morgan fingerprint density at radius 3 is 2.60 bits per heavy atom. The SMILES string of the molecule is CCOC(=O)[C@H](O)C(N)c1ccccc1. The number of hydrogen-bond donors (Lipinski definition) is 2. The van der Waals surface area contributed by atoms with E-state index in [1.54, 1.807) is 31.2 Å². The largest absolute Gasteiger partial charge is 0.464 e. The second-order valence-electron chi connectivity index (χ2n) is 3.13. The smallest absolute Gasteiger partial charge is 0.336 e. The van der Waals surface area contributed by atoms with Gasteiger partial charge in [0.1, 0.15) is 0 Å². The lowest BCUT2D eigenvalue weighted by Crippen LogP contribution is -2.34. The summed E-state index contributed by atoms with van der Waals surface area (Å²) in [7, 11) is 0. The Morgan fingerprint density at radius 1 is 1.47 bits per heavy atom. The predicted molar refractivity (Wildman–Crippen MR) is 56.0 cm³/mol. The minimum Gasteiger partial charge on any atom is -0.464 e. The third-order valence-corrected chi connectivity index (χ3v) is 2.05. The lowest BCUT2D eigenvalue weighted by atomic mass is 10.0. The molecule has 0 aliphatic heterocycles. The first kappa shape index (κ1) is 11.7. The minimum absolute atomic E-state index is 0.234. The number of carbonyl (C=O) groups is 1. The number of aliphatic hydroxyl groups excluding tert-OH is 1. The van der Waals surface area contributed by atoms with Crippen molar-refractivity contribution in [3.8, 4) is 0 Å². The lowest BCUT2D eigenvalue weighted by molar-refractivity contribution is -0.154. The molecule has 0 aromatic heterocycles. The van der Waals surface area contributed by atoms with E-state index in [0.717, 1.165) is 0 Å². The van der Waals surface area contributed by atoms with Gasteiger partial charge in [0.05, 0.1) is 12.6 Å². The average molecular weight is 209 g/mol. The van der Waals surface area contributed by atoms with Gasteiger partial charge < -0.3 is 15.6 Å². The van der Waals surface area contributed by atoms with Gasteiger partial charge in [0, 0.05) is 0 Å². The molecule has 3 N–H and O–H groups in total. The van der Waals surface area contributed by atoms with Crippen LogP contribution in [0.2, 0.25) is 0 Å². The van der Waals surface area contributed by atoms with Crippen molar-refractivity contribution in [3.63, 3.8) is 0 Å². The van der Waals surface area contributed by atoms with Gasteiger partial charge in [0.15, 0.2) is 6.10 Å². The summed E-state index contributed by atoms with van der Waals surface area (Å²) in [4.78, 5) is 11.2. The van der Waals surface area contributed by atoms with Gasteiger partial charge in [-0.15, -0.1) is 0 Å². The van der Waals surface area contributed by atoms with Crippen LogP contribution in [0.4, 0.5) is 0 Å². The average Bonchev–Trinajstić information content (AvgIpc) is 2.28. The van der Waals surface area contributed by atoms with E-state index in [9.17, 15) is 9.90 Å². The van der Waals surface area contributed by atoms with E-state index in [-0.39, 0.29) is 6.61 Å². The highest BCUT2D eigenvalue weighted by molar-refractivity contribution is 5.75. The summed E-state index contributed by atoms with van der Waals surface area (Å²) in [5, 5.41) is 9.57. The Hall–Kier alpha value is -1.39. The molecule has 0 amide bonds. The highest BCUT2D eigenvalue weighted by atomic mass is 16.5. The Bertz CT molecular complexity index is 313. The second-order valence-corrected chi connectivity index (χ2v) is 3.13. The highest BCUT2D eigenvalue weighted by Gasteiger charge is 2.25. The van der Waals surface area contributed by atoms with Crippen LogP contribution in [0.5, 0.6) is 0 Å². The first-order chi connectivity index (χ1) is 7.16. The van der Waals surface area contributed by atoms with E-state index < -0.39 is 18.1 Å². The molecule has 0 fully saturated rings. The van der Waals surface area contributed by atoms with Crippen molar-refractivity contribution in [1.82, 2.24) is 0 Å². The van der Waals surface area contributed by atoms with E-state index >= 15 is 0 Å². The van der Waals surface area contributed by atoms with Crippen molar-refractivity contribution in [2.24, 2.45) is 5.73 Å². The molecule has 0 aliphatic carbocycles. The van der Waals surface area contributed by atoms with Crippen molar-refractivity contribution in [2.45, 2.75) is 19.1 Å². The standard InChI is InChI=1S/C11H15NO3/c1-2-15-11(14)10(13)9(12)8-6-4-3-5-7-8/h3-7,9-10,13H,2,12H2,1H3/t9?,10-/m1/s1. The summed E-state index contributed by atoms with van der Waals surface area (Å²) < 4.78 is 4.68. The number of carbonyl (C=O) groups excluding carboxylic acids is 1. The van der Waals surface area contributed by atoms with Gasteiger partial charge in [-0.1, -0.05) is 30.3 Å². The van der Waals surface area contributed by atoms with Gasteiger partial charge in [-0.3, -0.25) is 0 Å². The van der Waals surface area contributed by atoms with Crippen LogP contribution in [0.15, 0.2) is 30.3 Å². The normalized spacial score (nSPS) is 14.3. The van der Waals surface area contributed by atoms with Gasteiger partial charge in [0.25, 0.3) is 0 Å². The molecule has 0 saturated heterocycles. The molecule has 82 valence electrons. The maximum Gasteiger partial charge on any atom is 0.336 e. The number of aliphatic hydroxyl groups is 1. The first-order valence-corrected chi connectivity index (χ1v) is 4.82. The molecule has 0 aliphatic rings. The van der Waals surface area contributed by atoms with E-state index in [2.05, 4.69) is 4.74 Å². The van der Waals surface area contributed by atoms with Crippen molar-refractivity contribution in [2.75, 3.05) is 6.61 Å². The van der Waals surface area contributed by atoms with Crippen LogP contribution < -0.4 is 5.73 Å². The molecule has 1 rings (SSSR count). The molecule has 15 heavy (non-hydrogen) atoms. The van der Waals surface area contributed by atoms with Crippen LogP contribution in [0.25, 0.3) is 0 Å². The molecule has 1 unspecified atom stereocenters. The summed E-state index contributed by atoms with van der Waals surface area (Å²) >= 11 is 0. The Morgan fingerprint density at radius 2 is 2.07 bits per heavy atom. The highest BCUT2D eigenvalue weighted by Crippen LogP contribution is 2.14. The second kappa shape index (κ2) is 5.48. The molecule has 2 atom stereocenters. The number of benzene rings is 1. The van der Waals surface area contributed by atoms with Crippen LogP contribution in [-0.4, -0.2) is 23.8 Å². The predicted octanol–water partition coefficient (Wildman–Crippen LogP) is 0.610. The van der Waals surface area contributed by atoms with E-state index in [1.807, 2.05) is 6.07 Å². The zero-order valence-corrected chi connectivity index (χ0v) is 8.59. The Balaban J connectivity index is 2.68. The topological polar surface area (TPSA) is 72.5 Å². The van der Waals surface area contributed by atoms with Crippen molar-refractivity contribution in [3.05, 3.63) is 35.9 Å². The fraction of sp³-hybridized carbons (Fsp3) is 0.364. The van der Waals surface area contributed by atoms with Crippen LogP contribution in [0, 0.1) is 0 Å². The molecule has 0 spiro atoms. The molecule has 1 aromatic rings. The van der Waals surface area contributed by atoms with Gasteiger partial charge in [-0.2, -0.15) is 0 Å². The maximum atomic E-state index is 11.2. The van der Waals surface area contributed by atoms with Crippen molar-refractivity contribution in [1.29, 1.82) is 0 Å². The number of ether oxygens (including phenoxy) is 1. The fourth-order valence-corrected chi connectivity index (χ4v) is 1.23. The monoisotopic (exact) mass is 209 g/mol. The third kappa shape index (κ3) is 3.04. The van der Waals surface area contributed by atoms with Gasteiger partial charge in [0.2, 0.25) is 0 Å². The number of rotatable bonds is 4. The summed E-state index contributed by atoms with van der Waals surface area (Å²) in [5.41, 5.74) is 6.43. The zero-order chi connectivity index (χ0) is 11.3. The fourth-order valence-electron chi connectivity index (χ4n) is 1.23. The Kier molecular flexibility index (Phi) is 4.27. The summed E-state index contributed by atoms with van der Waals surface area (Å²) in [6, 6.07) is 8.21. The number of esters is 1. The third-order valence-electron chi connectivity index (χ3n) is 2.05. The van der Waals surface area contributed by atoms with Gasteiger partial charge in [-0.05, 0) is 12.5 Å². The molecule has 1 aromatic carbocycles. The van der Waals surface area contributed by atoms with Crippen LogP contribution >= 0.6 is 0 Å². The van der Waals surface area contributed by atoms with E-state index in [0.29, 0.717) is 5.56 Å². The molecule has 0 radical (unpaired) electrons. The number of hydrogen-bond acceptors (Lipinski definition) is 4. The van der Waals surface area contributed by atoms with Crippen LogP contribution in [-0.2, 0) is 9.53 Å².